The van der Waals surface area contributed by atoms with Crippen molar-refractivity contribution in [1.29, 1.82) is 0 Å². The average Bonchev–Trinajstić information content (AvgIpc) is 2.66. The van der Waals surface area contributed by atoms with E-state index < -0.39 is 17.6 Å². The summed E-state index contributed by atoms with van der Waals surface area (Å²) in [5.41, 5.74) is -0.113. The first kappa shape index (κ1) is 21.4. The Labute approximate surface area is 161 Å². The van der Waals surface area contributed by atoms with Gasteiger partial charge in [0.1, 0.15) is 0 Å². The third-order valence-corrected chi connectivity index (χ3v) is 4.34. The molecule has 0 spiro atoms. The van der Waals surface area contributed by atoms with Crippen LogP contribution in [-0.2, 0) is 22.2 Å². The molecule has 0 saturated carbocycles. The molecule has 1 aromatic carbocycles. The number of likely N-dealkylation sites (N-methyl/N-ethyl adjacent to an activating group) is 1. The monoisotopic (exact) mass is 393 g/mol. The molecule has 5 nitrogen and oxygen atoms in total. The molecule has 150 valence electrons. The summed E-state index contributed by atoms with van der Waals surface area (Å²) >= 11 is 0. The van der Waals surface area contributed by atoms with Crippen molar-refractivity contribution in [3.63, 3.8) is 0 Å². The van der Waals surface area contributed by atoms with Gasteiger partial charge in [0, 0.05) is 45.9 Å². The number of rotatable bonds is 7. The normalized spacial score (nSPS) is 11.2. The van der Waals surface area contributed by atoms with E-state index in [1.165, 1.54) is 30.0 Å². The number of alkyl halides is 3. The van der Waals surface area contributed by atoms with Crippen LogP contribution >= 0.6 is 0 Å². The molecule has 0 saturated heterocycles. The van der Waals surface area contributed by atoms with E-state index in [2.05, 4.69) is 4.98 Å². The summed E-state index contributed by atoms with van der Waals surface area (Å²) < 4.78 is 39.7. The molecular weight excluding hydrogens is 371 g/mol. The molecule has 2 amide bonds. The fraction of sp³-hybridized carbons (Fsp3) is 0.350. The number of pyridine rings is 1. The Hall–Kier alpha value is -2.90. The average molecular weight is 393 g/mol. The van der Waals surface area contributed by atoms with E-state index >= 15 is 0 Å². The molecular formula is C20H22F3N3O2. The molecule has 0 fully saturated rings. The van der Waals surface area contributed by atoms with Crippen molar-refractivity contribution in [2.45, 2.75) is 25.9 Å². The van der Waals surface area contributed by atoms with Gasteiger partial charge in [0.05, 0.1) is 11.3 Å². The number of nitrogens with zero attached hydrogens (tertiary/aromatic N) is 3. The molecule has 2 rings (SSSR count). The number of aromatic nitrogens is 1. The van der Waals surface area contributed by atoms with Gasteiger partial charge in [-0.3, -0.25) is 14.6 Å². The first-order valence-corrected chi connectivity index (χ1v) is 8.77. The van der Waals surface area contributed by atoms with Crippen LogP contribution in [0.2, 0.25) is 0 Å². The first-order chi connectivity index (χ1) is 13.2. The van der Waals surface area contributed by atoms with Crippen LogP contribution in [0.25, 0.3) is 0 Å². The van der Waals surface area contributed by atoms with E-state index in [0.717, 1.165) is 16.5 Å². The van der Waals surface area contributed by atoms with Gasteiger partial charge in [-0.25, -0.2) is 0 Å². The Bertz CT molecular complexity index is 810. The number of anilines is 1. The van der Waals surface area contributed by atoms with E-state index in [0.29, 0.717) is 13.0 Å². The number of amides is 2. The second-order valence-electron chi connectivity index (χ2n) is 6.36. The Morgan fingerprint density at radius 2 is 1.68 bits per heavy atom. The zero-order valence-corrected chi connectivity index (χ0v) is 15.7. The van der Waals surface area contributed by atoms with Crippen molar-refractivity contribution < 1.29 is 22.8 Å². The minimum atomic E-state index is -4.59. The van der Waals surface area contributed by atoms with E-state index in [1.807, 2.05) is 12.1 Å². The molecule has 0 bridgehead atoms. The third-order valence-electron chi connectivity index (χ3n) is 4.34. The minimum absolute atomic E-state index is 0.0708. The maximum absolute atomic E-state index is 13.2. The third kappa shape index (κ3) is 5.80. The Morgan fingerprint density at radius 3 is 2.29 bits per heavy atom. The maximum atomic E-state index is 13.2. The first-order valence-electron chi connectivity index (χ1n) is 8.77. The zero-order valence-electron chi connectivity index (χ0n) is 15.7. The maximum Gasteiger partial charge on any atom is 0.418 e. The SMILES string of the molecule is CC(=O)N(CCC(=O)N(C)CCc1ccncc1)c1ccccc1C(F)(F)F. The highest BCUT2D eigenvalue weighted by Crippen LogP contribution is 2.36. The molecule has 2 aromatic rings. The predicted molar refractivity (Wildman–Crippen MR) is 99.7 cm³/mol. The van der Waals surface area contributed by atoms with Crippen LogP contribution in [0.1, 0.15) is 24.5 Å². The molecule has 0 aliphatic heterocycles. The highest BCUT2D eigenvalue weighted by Gasteiger charge is 2.35. The standard InChI is InChI=1S/C20H22F3N3O2/c1-15(27)26(18-6-4-3-5-17(18)20(21,22)23)14-10-19(28)25(2)13-9-16-7-11-24-12-8-16/h3-8,11-12H,9-10,13-14H2,1-2H3. The van der Waals surface area contributed by atoms with Crippen LogP contribution in [-0.4, -0.2) is 41.8 Å². The number of para-hydroxylation sites is 1. The smallest absolute Gasteiger partial charge is 0.345 e. The lowest BCUT2D eigenvalue weighted by molar-refractivity contribution is -0.137. The lowest BCUT2D eigenvalue weighted by Crippen LogP contribution is -2.36. The van der Waals surface area contributed by atoms with Gasteiger partial charge in [0.15, 0.2) is 0 Å². The second-order valence-corrected chi connectivity index (χ2v) is 6.36. The fourth-order valence-electron chi connectivity index (χ4n) is 2.77. The predicted octanol–water partition coefficient (Wildman–Crippen LogP) is 3.54. The van der Waals surface area contributed by atoms with Gasteiger partial charge in [-0.2, -0.15) is 13.2 Å². The molecule has 0 aliphatic carbocycles. The number of carbonyl (C=O) groups excluding carboxylic acids is 2. The van der Waals surface area contributed by atoms with Gasteiger partial charge in [-0.15, -0.1) is 0 Å². The lowest BCUT2D eigenvalue weighted by atomic mass is 10.1. The number of carbonyl (C=O) groups is 2. The van der Waals surface area contributed by atoms with Crippen molar-refractivity contribution in [1.82, 2.24) is 9.88 Å². The molecule has 8 heteroatoms. The fourth-order valence-corrected chi connectivity index (χ4v) is 2.77. The minimum Gasteiger partial charge on any atom is -0.345 e. The molecule has 1 heterocycles. The largest absolute Gasteiger partial charge is 0.418 e. The van der Waals surface area contributed by atoms with E-state index in [-0.39, 0.29) is 24.6 Å². The van der Waals surface area contributed by atoms with Gasteiger partial charge in [0.2, 0.25) is 11.8 Å². The highest BCUT2D eigenvalue weighted by molar-refractivity contribution is 5.93. The van der Waals surface area contributed by atoms with Gasteiger partial charge in [-0.05, 0) is 36.2 Å². The highest BCUT2D eigenvalue weighted by atomic mass is 19.4. The summed E-state index contributed by atoms with van der Waals surface area (Å²) in [7, 11) is 1.63. The number of hydrogen-bond acceptors (Lipinski definition) is 3. The van der Waals surface area contributed by atoms with E-state index in [9.17, 15) is 22.8 Å². The van der Waals surface area contributed by atoms with Crippen LogP contribution < -0.4 is 4.90 Å². The quantitative estimate of drug-likeness (QED) is 0.723. The zero-order chi connectivity index (χ0) is 20.7. The van der Waals surface area contributed by atoms with E-state index in [4.69, 9.17) is 0 Å². The summed E-state index contributed by atoms with van der Waals surface area (Å²) in [5.74, 6) is -0.797. The summed E-state index contributed by atoms with van der Waals surface area (Å²) in [5, 5.41) is 0. The van der Waals surface area contributed by atoms with Crippen LogP contribution in [0.15, 0.2) is 48.8 Å². The number of benzene rings is 1. The van der Waals surface area contributed by atoms with Crippen LogP contribution in [0.4, 0.5) is 18.9 Å². The van der Waals surface area contributed by atoms with Gasteiger partial charge >= 0.3 is 6.18 Å². The Kier molecular flexibility index (Phi) is 7.14. The Morgan fingerprint density at radius 1 is 1.04 bits per heavy atom. The molecule has 0 aliphatic rings. The van der Waals surface area contributed by atoms with Crippen molar-refractivity contribution in [3.8, 4) is 0 Å². The van der Waals surface area contributed by atoms with Crippen LogP contribution in [0, 0.1) is 0 Å². The van der Waals surface area contributed by atoms with Crippen molar-refractivity contribution in [2.24, 2.45) is 0 Å². The summed E-state index contributed by atoms with van der Waals surface area (Å²) in [6, 6.07) is 8.56. The van der Waals surface area contributed by atoms with Crippen LogP contribution in [0.3, 0.4) is 0 Å². The molecule has 1 aromatic heterocycles. The molecule has 0 radical (unpaired) electrons. The van der Waals surface area contributed by atoms with Crippen molar-refractivity contribution in [2.75, 3.05) is 25.0 Å². The van der Waals surface area contributed by atoms with Crippen LogP contribution in [0.5, 0.6) is 0 Å². The summed E-state index contributed by atoms with van der Waals surface area (Å²) in [6.07, 6.45) is -0.688. The van der Waals surface area contributed by atoms with Gasteiger partial charge in [0.25, 0.3) is 0 Å². The van der Waals surface area contributed by atoms with Crippen molar-refractivity contribution in [3.05, 3.63) is 59.9 Å². The van der Waals surface area contributed by atoms with Gasteiger partial charge in [-0.1, -0.05) is 12.1 Å². The number of halogens is 3. The Balaban J connectivity index is 2.02. The lowest BCUT2D eigenvalue weighted by Gasteiger charge is -2.25. The number of hydrogen-bond donors (Lipinski definition) is 0. The second kappa shape index (κ2) is 9.34. The molecule has 0 unspecified atom stereocenters. The topological polar surface area (TPSA) is 53.5 Å². The molecule has 28 heavy (non-hydrogen) atoms. The molecule has 0 N–H and O–H groups in total. The summed E-state index contributed by atoms with van der Waals surface area (Å²) in [6.45, 7) is 1.52. The summed E-state index contributed by atoms with van der Waals surface area (Å²) in [4.78, 5) is 30.7. The molecule has 0 atom stereocenters. The van der Waals surface area contributed by atoms with Gasteiger partial charge < -0.3 is 9.80 Å². The van der Waals surface area contributed by atoms with Crippen molar-refractivity contribution >= 4 is 17.5 Å². The van der Waals surface area contributed by atoms with E-state index in [1.54, 1.807) is 19.4 Å².